The zero-order chi connectivity index (χ0) is 18.2. The third-order valence-electron chi connectivity index (χ3n) is 8.41. The lowest BCUT2D eigenvalue weighted by atomic mass is 9.43. The third kappa shape index (κ3) is 3.19. The summed E-state index contributed by atoms with van der Waals surface area (Å²) in [5.41, 5.74) is 0.0287. The maximum atomic E-state index is 12.9. The Hall–Kier alpha value is -0.790. The number of hydrogen-bond acceptors (Lipinski definition) is 2. The van der Waals surface area contributed by atoms with Crippen molar-refractivity contribution in [3.05, 3.63) is 12.7 Å². The molecule has 3 saturated carbocycles. The molecule has 3 aliphatic rings. The molecule has 0 heterocycles. The smallest absolute Gasteiger partial charge is 0.312 e. The van der Waals surface area contributed by atoms with Gasteiger partial charge in [-0.2, -0.15) is 0 Å². The van der Waals surface area contributed by atoms with E-state index >= 15 is 0 Å². The molecule has 0 amide bonds. The highest BCUT2D eigenvalue weighted by Gasteiger charge is 2.59. The Morgan fingerprint density at radius 1 is 1.20 bits per heavy atom. The van der Waals surface area contributed by atoms with E-state index in [9.17, 15) is 4.79 Å². The van der Waals surface area contributed by atoms with E-state index in [0.29, 0.717) is 17.9 Å². The van der Waals surface area contributed by atoms with E-state index in [1.165, 1.54) is 44.9 Å². The molecule has 142 valence electrons. The van der Waals surface area contributed by atoms with Crippen molar-refractivity contribution in [1.82, 2.24) is 0 Å². The van der Waals surface area contributed by atoms with Crippen molar-refractivity contribution in [2.75, 3.05) is 6.61 Å². The van der Waals surface area contributed by atoms with Crippen molar-refractivity contribution >= 4 is 5.97 Å². The molecule has 2 heteroatoms. The van der Waals surface area contributed by atoms with Crippen LogP contribution in [0.3, 0.4) is 0 Å². The Morgan fingerprint density at radius 3 is 2.64 bits per heavy atom. The molecule has 3 unspecified atom stereocenters. The fourth-order valence-electron chi connectivity index (χ4n) is 7.02. The predicted molar refractivity (Wildman–Crippen MR) is 103 cm³/mol. The van der Waals surface area contributed by atoms with Gasteiger partial charge in [-0.25, -0.2) is 0 Å². The second kappa shape index (κ2) is 7.08. The van der Waals surface area contributed by atoms with Crippen LogP contribution in [0.25, 0.3) is 0 Å². The predicted octanol–water partition coefficient (Wildman–Crippen LogP) is 6.01. The van der Waals surface area contributed by atoms with Gasteiger partial charge < -0.3 is 4.74 Å². The monoisotopic (exact) mass is 346 g/mol. The first-order valence-electron chi connectivity index (χ1n) is 10.6. The maximum absolute atomic E-state index is 12.9. The zero-order valence-corrected chi connectivity index (χ0v) is 16.9. The van der Waals surface area contributed by atoms with Crippen LogP contribution in [0.2, 0.25) is 0 Å². The highest BCUT2D eigenvalue weighted by atomic mass is 16.5. The van der Waals surface area contributed by atoms with Crippen LogP contribution >= 0.6 is 0 Å². The molecular weight excluding hydrogens is 308 g/mol. The van der Waals surface area contributed by atoms with Gasteiger partial charge in [-0.05, 0) is 86.9 Å². The number of ether oxygens (including phenoxy) is 1. The summed E-state index contributed by atoms with van der Waals surface area (Å²) in [5, 5.41) is 0. The first-order chi connectivity index (χ1) is 11.8. The van der Waals surface area contributed by atoms with Gasteiger partial charge in [0.25, 0.3) is 0 Å². The number of hydrogen-bond donors (Lipinski definition) is 0. The van der Waals surface area contributed by atoms with Crippen LogP contribution in [0.1, 0.15) is 79.1 Å². The molecule has 3 rings (SSSR count). The summed E-state index contributed by atoms with van der Waals surface area (Å²) in [6.45, 7) is 13.5. The van der Waals surface area contributed by atoms with Crippen LogP contribution in [0, 0.1) is 40.4 Å². The fourth-order valence-corrected chi connectivity index (χ4v) is 7.02. The minimum atomic E-state index is -0.296. The molecule has 3 fully saturated rings. The minimum Gasteiger partial charge on any atom is -0.461 e. The van der Waals surface area contributed by atoms with Crippen molar-refractivity contribution in [3.63, 3.8) is 0 Å². The largest absolute Gasteiger partial charge is 0.461 e. The number of fused-ring (bicyclic) bond motifs is 3. The van der Waals surface area contributed by atoms with E-state index in [1.54, 1.807) is 6.08 Å². The lowest BCUT2D eigenvalue weighted by Gasteiger charge is -2.61. The minimum absolute atomic E-state index is 0.0256. The van der Waals surface area contributed by atoms with Gasteiger partial charge >= 0.3 is 5.97 Å². The maximum Gasteiger partial charge on any atom is 0.312 e. The van der Waals surface area contributed by atoms with Crippen molar-refractivity contribution < 1.29 is 9.53 Å². The zero-order valence-electron chi connectivity index (χ0n) is 16.9. The van der Waals surface area contributed by atoms with Crippen LogP contribution in [0.15, 0.2) is 12.7 Å². The van der Waals surface area contributed by atoms with Gasteiger partial charge in [0.15, 0.2) is 0 Å². The molecule has 6 atom stereocenters. The fraction of sp³-hybridized carbons (Fsp3) is 0.870. The second-order valence-electron chi connectivity index (χ2n) is 9.98. The molecule has 0 aliphatic heterocycles. The third-order valence-corrected chi connectivity index (χ3v) is 8.41. The molecule has 25 heavy (non-hydrogen) atoms. The molecule has 0 aromatic rings. The molecule has 0 N–H and O–H groups in total. The van der Waals surface area contributed by atoms with Gasteiger partial charge in [-0.1, -0.05) is 39.8 Å². The molecule has 0 aromatic carbocycles. The highest BCUT2D eigenvalue weighted by Crippen LogP contribution is 2.64. The summed E-state index contributed by atoms with van der Waals surface area (Å²) in [6.07, 6.45) is 11.9. The van der Waals surface area contributed by atoms with E-state index in [0.717, 1.165) is 30.1 Å². The molecule has 0 spiro atoms. The molecule has 0 saturated heterocycles. The van der Waals surface area contributed by atoms with Crippen molar-refractivity contribution in [3.8, 4) is 0 Å². The average molecular weight is 347 g/mol. The lowest BCUT2D eigenvalue weighted by molar-refractivity contribution is -0.178. The Kier molecular flexibility index (Phi) is 5.38. The second-order valence-corrected chi connectivity index (χ2v) is 9.98. The van der Waals surface area contributed by atoms with Gasteiger partial charge in [-0.3, -0.25) is 4.79 Å². The summed E-state index contributed by atoms with van der Waals surface area (Å²) in [6, 6.07) is 0. The first kappa shape index (κ1) is 19.0. The highest BCUT2D eigenvalue weighted by molar-refractivity contribution is 5.77. The number of esters is 1. The van der Waals surface area contributed by atoms with E-state index < -0.39 is 0 Å². The number of rotatable bonds is 4. The summed E-state index contributed by atoms with van der Waals surface area (Å²) in [5.74, 6) is 3.94. The lowest BCUT2D eigenvalue weighted by Crippen LogP contribution is -2.56. The van der Waals surface area contributed by atoms with E-state index in [1.807, 2.05) is 0 Å². The van der Waals surface area contributed by atoms with Crippen molar-refractivity contribution in [2.45, 2.75) is 79.1 Å². The summed E-state index contributed by atoms with van der Waals surface area (Å²) in [7, 11) is 0. The first-order valence-corrected chi connectivity index (χ1v) is 10.6. The average Bonchev–Trinajstić information content (AvgIpc) is 2.58. The number of carbonyl (C=O) groups is 1. The molecule has 2 nitrogen and oxygen atoms in total. The van der Waals surface area contributed by atoms with Crippen LogP contribution in [-0.4, -0.2) is 12.6 Å². The molecule has 3 aliphatic carbocycles. The standard InChI is InChI=1S/C23H38O2/c1-6-14-25-21(24)23(5)13-7-12-22(4)19-10-8-17(16(2)3)15-18(19)9-11-20(22)23/h6,16-20H,1,7-15H2,2-5H3/t17?,18?,19-,20?,22+,23+/m0/s1. The van der Waals surface area contributed by atoms with Crippen molar-refractivity contribution in [2.24, 2.45) is 40.4 Å². The molecular formula is C23H38O2. The molecule has 0 aromatic heterocycles. The van der Waals surface area contributed by atoms with Gasteiger partial charge in [-0.15, -0.1) is 0 Å². The topological polar surface area (TPSA) is 26.3 Å². The van der Waals surface area contributed by atoms with Crippen LogP contribution in [0.4, 0.5) is 0 Å². The Labute approximate surface area is 154 Å². The number of carbonyl (C=O) groups excluding carboxylic acids is 1. The van der Waals surface area contributed by atoms with Crippen LogP contribution in [0.5, 0.6) is 0 Å². The summed E-state index contributed by atoms with van der Waals surface area (Å²) in [4.78, 5) is 12.9. The van der Waals surface area contributed by atoms with Crippen molar-refractivity contribution in [1.29, 1.82) is 0 Å². The van der Waals surface area contributed by atoms with Gasteiger partial charge in [0, 0.05) is 0 Å². The van der Waals surface area contributed by atoms with E-state index in [2.05, 4.69) is 34.3 Å². The van der Waals surface area contributed by atoms with E-state index in [-0.39, 0.29) is 11.4 Å². The van der Waals surface area contributed by atoms with E-state index in [4.69, 9.17) is 4.74 Å². The Bertz CT molecular complexity index is 510. The normalized spacial score (nSPS) is 43.9. The Balaban J connectivity index is 1.81. The Morgan fingerprint density at radius 2 is 1.96 bits per heavy atom. The van der Waals surface area contributed by atoms with Crippen LogP contribution < -0.4 is 0 Å². The molecule has 0 bridgehead atoms. The SMILES string of the molecule is C=CCOC(=O)[C@]1(C)CCC[C@@]2(C)C1CCC1CC(C(C)C)CC[C@@H]12. The quantitative estimate of drug-likeness (QED) is 0.460. The molecule has 0 radical (unpaired) electrons. The summed E-state index contributed by atoms with van der Waals surface area (Å²) >= 11 is 0. The van der Waals surface area contributed by atoms with Gasteiger partial charge in [0.2, 0.25) is 0 Å². The van der Waals surface area contributed by atoms with Gasteiger partial charge in [0.05, 0.1) is 5.41 Å². The summed E-state index contributed by atoms with van der Waals surface area (Å²) < 4.78 is 5.56. The van der Waals surface area contributed by atoms with Gasteiger partial charge in [0.1, 0.15) is 6.61 Å². The van der Waals surface area contributed by atoms with Crippen LogP contribution in [-0.2, 0) is 9.53 Å².